The number of hydrogen-bond acceptors (Lipinski definition) is 3. The maximum atomic E-state index is 11.2. The van der Waals surface area contributed by atoms with Gasteiger partial charge in [-0.1, -0.05) is 0 Å². The molecular formula is C15H21NO3. The molecule has 2 rings (SSSR count). The van der Waals surface area contributed by atoms with Crippen molar-refractivity contribution >= 4 is 11.7 Å². The summed E-state index contributed by atoms with van der Waals surface area (Å²) in [7, 11) is 1.93. The fourth-order valence-electron chi connectivity index (χ4n) is 2.19. The average Bonchev–Trinajstić information content (AvgIpc) is 3.10. The van der Waals surface area contributed by atoms with Gasteiger partial charge in [-0.2, -0.15) is 0 Å². The summed E-state index contributed by atoms with van der Waals surface area (Å²) >= 11 is 0. The molecule has 0 unspecified atom stereocenters. The molecule has 1 aromatic rings. The van der Waals surface area contributed by atoms with Crippen LogP contribution in [0.15, 0.2) is 24.3 Å². The lowest BCUT2D eigenvalue weighted by molar-refractivity contribution is -0.142. The molecule has 0 spiro atoms. The van der Waals surface area contributed by atoms with E-state index in [1.165, 1.54) is 0 Å². The molecule has 1 aromatic carbocycles. The number of carboxylic acids is 1. The van der Waals surface area contributed by atoms with Crippen LogP contribution in [0.3, 0.4) is 0 Å². The highest BCUT2D eigenvalue weighted by Crippen LogP contribution is 2.46. The molecule has 0 saturated heterocycles. The molecule has 0 aliphatic heterocycles. The topological polar surface area (TPSA) is 49.8 Å². The fourth-order valence-corrected chi connectivity index (χ4v) is 2.19. The molecule has 0 radical (unpaired) electrons. The third-order valence-electron chi connectivity index (χ3n) is 3.50. The van der Waals surface area contributed by atoms with Crippen molar-refractivity contribution in [3.63, 3.8) is 0 Å². The summed E-state index contributed by atoms with van der Waals surface area (Å²) in [5, 5.41) is 9.20. The summed E-state index contributed by atoms with van der Waals surface area (Å²) < 4.78 is 5.59. The van der Waals surface area contributed by atoms with Gasteiger partial charge in [0.1, 0.15) is 5.75 Å². The lowest BCUT2D eigenvalue weighted by Gasteiger charge is -2.23. The molecule has 0 heterocycles. The zero-order valence-corrected chi connectivity index (χ0v) is 11.7. The van der Waals surface area contributed by atoms with E-state index in [1.54, 1.807) is 0 Å². The van der Waals surface area contributed by atoms with E-state index in [2.05, 4.69) is 0 Å². The lowest BCUT2D eigenvalue weighted by Crippen LogP contribution is -2.31. The first kappa shape index (κ1) is 13.7. The van der Waals surface area contributed by atoms with Gasteiger partial charge in [0.2, 0.25) is 0 Å². The van der Waals surface area contributed by atoms with E-state index in [-0.39, 0.29) is 6.10 Å². The van der Waals surface area contributed by atoms with Gasteiger partial charge < -0.3 is 14.7 Å². The smallest absolute Gasteiger partial charge is 0.311 e. The van der Waals surface area contributed by atoms with Gasteiger partial charge >= 0.3 is 5.97 Å². The average molecular weight is 263 g/mol. The molecule has 0 aromatic heterocycles. The number of anilines is 1. The first-order valence-electron chi connectivity index (χ1n) is 6.64. The quantitative estimate of drug-likeness (QED) is 0.857. The maximum Gasteiger partial charge on any atom is 0.311 e. The van der Waals surface area contributed by atoms with Crippen molar-refractivity contribution in [1.29, 1.82) is 0 Å². The van der Waals surface area contributed by atoms with E-state index >= 15 is 0 Å². The summed E-state index contributed by atoms with van der Waals surface area (Å²) in [5.74, 6) is 0.158. The summed E-state index contributed by atoms with van der Waals surface area (Å²) in [6.45, 7) is 4.54. The Hall–Kier alpha value is -1.71. The van der Waals surface area contributed by atoms with Gasteiger partial charge in [0.15, 0.2) is 0 Å². The molecule has 0 bridgehead atoms. The number of carbonyl (C=O) groups is 1. The Labute approximate surface area is 114 Å². The second-order valence-electron chi connectivity index (χ2n) is 5.60. The highest BCUT2D eigenvalue weighted by atomic mass is 16.5. The normalized spacial score (nSPS) is 16.2. The predicted molar refractivity (Wildman–Crippen MR) is 74.8 cm³/mol. The largest absolute Gasteiger partial charge is 0.491 e. The van der Waals surface area contributed by atoms with E-state index in [0.29, 0.717) is 6.54 Å². The van der Waals surface area contributed by atoms with Crippen LogP contribution in [-0.2, 0) is 4.79 Å². The van der Waals surface area contributed by atoms with Crippen LogP contribution in [0.25, 0.3) is 0 Å². The molecule has 0 amide bonds. The molecule has 1 N–H and O–H groups in total. The molecule has 4 nitrogen and oxygen atoms in total. The van der Waals surface area contributed by atoms with Gasteiger partial charge in [0.25, 0.3) is 0 Å². The Morgan fingerprint density at radius 3 is 2.37 bits per heavy atom. The number of aliphatic carboxylic acids is 1. The minimum Gasteiger partial charge on any atom is -0.491 e. The Morgan fingerprint density at radius 2 is 1.95 bits per heavy atom. The number of carboxylic acid groups (broad SMARTS) is 1. The van der Waals surface area contributed by atoms with Crippen molar-refractivity contribution in [2.75, 3.05) is 18.5 Å². The number of nitrogens with zero attached hydrogens (tertiary/aromatic N) is 1. The van der Waals surface area contributed by atoms with E-state index in [0.717, 1.165) is 24.3 Å². The third-order valence-corrected chi connectivity index (χ3v) is 3.50. The van der Waals surface area contributed by atoms with Crippen LogP contribution >= 0.6 is 0 Å². The van der Waals surface area contributed by atoms with E-state index in [9.17, 15) is 9.90 Å². The number of hydrogen-bond donors (Lipinski definition) is 1. The van der Waals surface area contributed by atoms with Crippen molar-refractivity contribution in [1.82, 2.24) is 0 Å². The predicted octanol–water partition coefficient (Wildman–Crippen LogP) is 2.77. The molecule has 1 aliphatic carbocycles. The van der Waals surface area contributed by atoms with Crippen molar-refractivity contribution in [2.45, 2.75) is 32.8 Å². The van der Waals surface area contributed by atoms with Gasteiger partial charge in [-0.3, -0.25) is 4.79 Å². The van der Waals surface area contributed by atoms with E-state index < -0.39 is 11.4 Å². The van der Waals surface area contributed by atoms with Crippen LogP contribution in [-0.4, -0.2) is 30.8 Å². The van der Waals surface area contributed by atoms with Gasteiger partial charge in [0.05, 0.1) is 11.5 Å². The summed E-state index contributed by atoms with van der Waals surface area (Å²) in [6, 6.07) is 7.78. The third kappa shape index (κ3) is 3.19. The van der Waals surface area contributed by atoms with Crippen molar-refractivity contribution in [3.05, 3.63) is 24.3 Å². The first-order valence-corrected chi connectivity index (χ1v) is 6.64. The monoisotopic (exact) mass is 263 g/mol. The fraction of sp³-hybridized carbons (Fsp3) is 0.533. The molecule has 104 valence electrons. The van der Waals surface area contributed by atoms with Crippen LogP contribution in [0.1, 0.15) is 26.7 Å². The Kier molecular flexibility index (Phi) is 3.69. The Balaban J connectivity index is 2.00. The van der Waals surface area contributed by atoms with Crippen LogP contribution in [0.5, 0.6) is 5.75 Å². The van der Waals surface area contributed by atoms with Crippen molar-refractivity contribution in [3.8, 4) is 5.75 Å². The van der Waals surface area contributed by atoms with Crippen LogP contribution in [0, 0.1) is 5.41 Å². The second-order valence-corrected chi connectivity index (χ2v) is 5.60. The molecule has 1 fully saturated rings. The van der Waals surface area contributed by atoms with E-state index in [4.69, 9.17) is 4.74 Å². The zero-order valence-electron chi connectivity index (χ0n) is 11.7. The first-order chi connectivity index (χ1) is 8.93. The summed E-state index contributed by atoms with van der Waals surface area (Å²) in [4.78, 5) is 13.2. The van der Waals surface area contributed by atoms with Crippen LogP contribution in [0.2, 0.25) is 0 Å². The molecule has 19 heavy (non-hydrogen) atoms. The minimum absolute atomic E-state index is 0.158. The molecule has 1 aliphatic rings. The van der Waals surface area contributed by atoms with Gasteiger partial charge in [-0.05, 0) is 51.0 Å². The SMILES string of the molecule is CC(C)Oc1ccc(N(C)CC2(C(=O)O)CC2)cc1. The standard InChI is InChI=1S/C15H21NO3/c1-11(2)19-13-6-4-12(5-7-13)16(3)10-15(8-9-15)14(17)18/h4-7,11H,8-10H2,1-3H3,(H,17,18). The molecular weight excluding hydrogens is 242 g/mol. The zero-order chi connectivity index (χ0) is 14.0. The minimum atomic E-state index is -0.681. The van der Waals surface area contributed by atoms with Gasteiger partial charge in [0, 0.05) is 19.3 Å². The van der Waals surface area contributed by atoms with Crippen LogP contribution in [0.4, 0.5) is 5.69 Å². The molecule has 1 saturated carbocycles. The molecule has 0 atom stereocenters. The summed E-state index contributed by atoms with van der Waals surface area (Å²) in [6.07, 6.45) is 1.72. The van der Waals surface area contributed by atoms with Crippen LogP contribution < -0.4 is 9.64 Å². The second kappa shape index (κ2) is 5.11. The Morgan fingerprint density at radius 1 is 1.37 bits per heavy atom. The maximum absolute atomic E-state index is 11.2. The van der Waals surface area contributed by atoms with E-state index in [1.807, 2.05) is 50.1 Å². The van der Waals surface area contributed by atoms with Gasteiger partial charge in [-0.15, -0.1) is 0 Å². The highest BCUT2D eigenvalue weighted by Gasteiger charge is 2.50. The lowest BCUT2D eigenvalue weighted by atomic mass is 10.1. The highest BCUT2D eigenvalue weighted by molar-refractivity contribution is 5.78. The molecule has 4 heteroatoms. The van der Waals surface area contributed by atoms with Crippen molar-refractivity contribution < 1.29 is 14.6 Å². The van der Waals surface area contributed by atoms with Gasteiger partial charge in [-0.25, -0.2) is 0 Å². The number of rotatable bonds is 6. The Bertz CT molecular complexity index is 449. The summed E-state index contributed by atoms with van der Waals surface area (Å²) in [5.41, 5.74) is 0.491. The number of ether oxygens (including phenoxy) is 1. The number of benzene rings is 1. The van der Waals surface area contributed by atoms with Crippen molar-refractivity contribution in [2.24, 2.45) is 5.41 Å².